The molecule has 0 aliphatic rings. The summed E-state index contributed by atoms with van der Waals surface area (Å²) >= 11 is 0. The molecule has 156 valence electrons. The van der Waals surface area contributed by atoms with Crippen LogP contribution in [0.5, 0.6) is 5.75 Å². The van der Waals surface area contributed by atoms with Gasteiger partial charge in [-0.1, -0.05) is 12.1 Å². The maximum absolute atomic E-state index is 14.1. The highest BCUT2D eigenvalue weighted by molar-refractivity contribution is 7.82. The predicted octanol–water partition coefficient (Wildman–Crippen LogP) is 4.04. The standard InChI is InChI=1S/C22H21FN2O4S/c1-2-29-18-7-9-19(10-8-18)30(28)25(15-17-5-3-4-12-24-17)14-16-6-11-20(22(26)27)21(23)13-16/h3-13H,2,14-15H2,1H3,(H,26,27). The minimum absolute atomic E-state index is 0.146. The van der Waals surface area contributed by atoms with Gasteiger partial charge in [0.05, 0.1) is 29.3 Å². The van der Waals surface area contributed by atoms with Crippen LogP contribution in [-0.2, 0) is 24.1 Å². The second-order valence-corrected chi connectivity index (χ2v) is 7.88. The Bertz CT molecular complexity index is 1030. The molecule has 0 bridgehead atoms. The Hall–Kier alpha value is -3.10. The molecule has 0 radical (unpaired) electrons. The summed E-state index contributed by atoms with van der Waals surface area (Å²) in [5.74, 6) is -1.48. The SMILES string of the molecule is CCOc1ccc(S(=O)N(Cc2ccc(C(=O)O)c(F)c2)Cc2ccccn2)cc1. The molecule has 3 rings (SSSR count). The number of rotatable bonds is 9. The fourth-order valence-electron chi connectivity index (χ4n) is 2.85. The third-order valence-electron chi connectivity index (χ3n) is 4.26. The van der Waals surface area contributed by atoms with Crippen molar-refractivity contribution in [3.05, 3.63) is 89.5 Å². The number of halogens is 1. The first-order chi connectivity index (χ1) is 14.5. The number of carbonyl (C=O) groups is 1. The molecule has 0 aliphatic carbocycles. The number of aromatic nitrogens is 1. The summed E-state index contributed by atoms with van der Waals surface area (Å²) in [5.41, 5.74) is 0.815. The topological polar surface area (TPSA) is 79.7 Å². The summed E-state index contributed by atoms with van der Waals surface area (Å²) in [6.45, 7) is 2.83. The normalized spacial score (nSPS) is 12.0. The van der Waals surface area contributed by atoms with Gasteiger partial charge in [0.25, 0.3) is 0 Å². The van der Waals surface area contributed by atoms with Gasteiger partial charge in [0, 0.05) is 12.7 Å². The van der Waals surface area contributed by atoms with Crippen LogP contribution in [0, 0.1) is 5.82 Å². The molecule has 6 nitrogen and oxygen atoms in total. The fourth-order valence-corrected chi connectivity index (χ4v) is 4.03. The van der Waals surface area contributed by atoms with Gasteiger partial charge in [-0.25, -0.2) is 17.7 Å². The van der Waals surface area contributed by atoms with Crippen LogP contribution in [0.1, 0.15) is 28.5 Å². The van der Waals surface area contributed by atoms with Crippen LogP contribution < -0.4 is 4.74 Å². The number of hydrogen-bond acceptors (Lipinski definition) is 4. The molecule has 1 heterocycles. The highest BCUT2D eigenvalue weighted by Crippen LogP contribution is 2.21. The Morgan fingerprint density at radius 3 is 2.50 bits per heavy atom. The van der Waals surface area contributed by atoms with Crippen LogP contribution in [0.15, 0.2) is 71.8 Å². The summed E-state index contributed by atoms with van der Waals surface area (Å²) in [5, 5.41) is 9.01. The molecule has 1 unspecified atom stereocenters. The molecule has 0 spiro atoms. The quantitative estimate of drug-likeness (QED) is 0.556. The van der Waals surface area contributed by atoms with Crippen molar-refractivity contribution in [2.75, 3.05) is 6.61 Å². The first-order valence-corrected chi connectivity index (χ1v) is 10.4. The highest BCUT2D eigenvalue weighted by atomic mass is 32.2. The number of hydrogen-bond donors (Lipinski definition) is 1. The van der Waals surface area contributed by atoms with Gasteiger partial charge in [-0.15, -0.1) is 0 Å². The van der Waals surface area contributed by atoms with Gasteiger partial charge < -0.3 is 9.84 Å². The molecular formula is C22H21FN2O4S. The second kappa shape index (κ2) is 10.1. The van der Waals surface area contributed by atoms with Crippen molar-refractivity contribution >= 4 is 17.0 Å². The molecule has 0 saturated carbocycles. The van der Waals surface area contributed by atoms with Crippen LogP contribution in [0.3, 0.4) is 0 Å². The molecule has 1 atom stereocenters. The minimum atomic E-state index is -1.56. The molecule has 0 saturated heterocycles. The summed E-state index contributed by atoms with van der Waals surface area (Å²) in [7, 11) is -1.56. The highest BCUT2D eigenvalue weighted by Gasteiger charge is 2.19. The number of aromatic carboxylic acids is 1. The van der Waals surface area contributed by atoms with E-state index in [1.54, 1.807) is 40.8 Å². The van der Waals surface area contributed by atoms with Gasteiger partial charge >= 0.3 is 5.97 Å². The molecule has 8 heteroatoms. The predicted molar refractivity (Wildman–Crippen MR) is 111 cm³/mol. The van der Waals surface area contributed by atoms with Crippen molar-refractivity contribution in [1.82, 2.24) is 9.29 Å². The maximum Gasteiger partial charge on any atom is 0.338 e. The van der Waals surface area contributed by atoms with Gasteiger partial charge in [0.15, 0.2) is 0 Å². The zero-order chi connectivity index (χ0) is 21.5. The van der Waals surface area contributed by atoms with E-state index in [-0.39, 0.29) is 13.1 Å². The smallest absolute Gasteiger partial charge is 0.338 e. The van der Waals surface area contributed by atoms with Gasteiger partial charge in [-0.05, 0) is 61.0 Å². The maximum atomic E-state index is 14.1. The molecule has 2 aromatic carbocycles. The molecule has 0 amide bonds. The minimum Gasteiger partial charge on any atom is -0.494 e. The lowest BCUT2D eigenvalue weighted by atomic mass is 10.1. The number of ether oxygens (including phenoxy) is 1. The summed E-state index contributed by atoms with van der Waals surface area (Å²) in [4.78, 5) is 15.9. The van der Waals surface area contributed by atoms with E-state index in [0.717, 1.165) is 6.07 Å². The third kappa shape index (κ3) is 5.49. The number of benzene rings is 2. The lowest BCUT2D eigenvalue weighted by Gasteiger charge is -2.21. The van der Waals surface area contributed by atoms with E-state index in [4.69, 9.17) is 9.84 Å². The lowest BCUT2D eigenvalue weighted by molar-refractivity contribution is 0.0692. The van der Waals surface area contributed by atoms with E-state index < -0.39 is 28.3 Å². The number of pyridine rings is 1. The Morgan fingerprint density at radius 2 is 1.90 bits per heavy atom. The Kier molecular flexibility index (Phi) is 7.26. The van der Waals surface area contributed by atoms with E-state index in [1.165, 1.54) is 12.1 Å². The van der Waals surface area contributed by atoms with Gasteiger partial charge in [-0.3, -0.25) is 4.98 Å². The van der Waals surface area contributed by atoms with Crippen LogP contribution in [0.2, 0.25) is 0 Å². The molecule has 3 aromatic rings. The van der Waals surface area contributed by atoms with E-state index in [2.05, 4.69) is 4.98 Å². The molecule has 30 heavy (non-hydrogen) atoms. The molecular weight excluding hydrogens is 407 g/mol. The van der Waals surface area contributed by atoms with E-state index in [0.29, 0.717) is 28.5 Å². The summed E-state index contributed by atoms with van der Waals surface area (Å²) in [6, 6.07) is 16.3. The molecule has 0 fully saturated rings. The van der Waals surface area contributed by atoms with Crippen molar-refractivity contribution in [1.29, 1.82) is 0 Å². The van der Waals surface area contributed by atoms with Crippen LogP contribution in [0.25, 0.3) is 0 Å². The first kappa shape index (κ1) is 21.6. The number of carboxylic acids is 1. The lowest BCUT2D eigenvalue weighted by Crippen LogP contribution is -2.26. The van der Waals surface area contributed by atoms with Crippen molar-refractivity contribution < 1.29 is 23.2 Å². The Morgan fingerprint density at radius 1 is 1.13 bits per heavy atom. The van der Waals surface area contributed by atoms with Crippen LogP contribution >= 0.6 is 0 Å². The van der Waals surface area contributed by atoms with Gasteiger partial charge in [-0.2, -0.15) is 0 Å². The van der Waals surface area contributed by atoms with Gasteiger partial charge in [0.2, 0.25) is 0 Å². The monoisotopic (exact) mass is 428 g/mol. The van der Waals surface area contributed by atoms with Crippen molar-refractivity contribution in [2.24, 2.45) is 0 Å². The van der Waals surface area contributed by atoms with Gasteiger partial charge in [0.1, 0.15) is 22.6 Å². The van der Waals surface area contributed by atoms with Crippen molar-refractivity contribution in [2.45, 2.75) is 24.9 Å². The van der Waals surface area contributed by atoms with E-state index >= 15 is 0 Å². The molecule has 1 aromatic heterocycles. The number of nitrogens with zero attached hydrogens (tertiary/aromatic N) is 2. The Labute approximate surface area is 176 Å². The molecule has 1 N–H and O–H groups in total. The zero-order valence-electron chi connectivity index (χ0n) is 16.3. The fraction of sp³-hybridized carbons (Fsp3) is 0.182. The van der Waals surface area contributed by atoms with Crippen molar-refractivity contribution in [3.8, 4) is 5.75 Å². The second-order valence-electron chi connectivity index (χ2n) is 6.39. The Balaban J connectivity index is 1.87. The summed E-state index contributed by atoms with van der Waals surface area (Å²) < 4.78 is 34.5. The van der Waals surface area contributed by atoms with E-state index in [1.807, 2.05) is 19.1 Å². The average molecular weight is 428 g/mol. The van der Waals surface area contributed by atoms with E-state index in [9.17, 15) is 13.4 Å². The van der Waals surface area contributed by atoms with Crippen molar-refractivity contribution in [3.63, 3.8) is 0 Å². The summed E-state index contributed by atoms with van der Waals surface area (Å²) in [6.07, 6.45) is 1.65. The first-order valence-electron chi connectivity index (χ1n) is 9.29. The molecule has 0 aliphatic heterocycles. The largest absolute Gasteiger partial charge is 0.494 e. The third-order valence-corrected chi connectivity index (χ3v) is 5.66. The van der Waals surface area contributed by atoms with Crippen LogP contribution in [0.4, 0.5) is 4.39 Å². The average Bonchev–Trinajstić information content (AvgIpc) is 2.74. The van der Waals surface area contributed by atoms with Crippen LogP contribution in [-0.4, -0.2) is 31.2 Å². The zero-order valence-corrected chi connectivity index (χ0v) is 17.1. The number of carboxylic acid groups (broad SMARTS) is 1.